The smallest absolute Gasteiger partial charge is 0.266 e. The van der Waals surface area contributed by atoms with Crippen molar-refractivity contribution in [1.82, 2.24) is 14.7 Å². The fourth-order valence-corrected chi connectivity index (χ4v) is 4.86. The van der Waals surface area contributed by atoms with Gasteiger partial charge in [0.1, 0.15) is 15.8 Å². The quantitative estimate of drug-likeness (QED) is 0.369. The number of thioether (sulfide) groups is 1. The molecule has 2 aromatic carbocycles. The highest BCUT2D eigenvalue weighted by molar-refractivity contribution is 8.26. The van der Waals surface area contributed by atoms with Crippen LogP contribution in [0.15, 0.2) is 59.6 Å². The Morgan fingerprint density at radius 1 is 1.16 bits per heavy atom. The minimum absolute atomic E-state index is 0.0562. The van der Waals surface area contributed by atoms with Crippen molar-refractivity contribution in [2.75, 3.05) is 13.2 Å². The van der Waals surface area contributed by atoms with Crippen molar-refractivity contribution in [2.45, 2.75) is 20.8 Å². The molecular weight excluding hydrogens is 426 g/mol. The molecule has 0 bridgehead atoms. The second-order valence-corrected chi connectivity index (χ2v) is 8.72. The van der Waals surface area contributed by atoms with Crippen molar-refractivity contribution < 1.29 is 9.53 Å². The molecule has 4 rings (SSSR count). The van der Waals surface area contributed by atoms with Crippen molar-refractivity contribution in [3.8, 4) is 22.7 Å². The molecule has 0 unspecified atom stereocenters. The normalized spacial score (nSPS) is 15.2. The summed E-state index contributed by atoms with van der Waals surface area (Å²) in [6.07, 6.45) is 3.85. The van der Waals surface area contributed by atoms with E-state index < -0.39 is 0 Å². The molecule has 31 heavy (non-hydrogen) atoms. The van der Waals surface area contributed by atoms with Crippen LogP contribution in [0, 0.1) is 6.92 Å². The van der Waals surface area contributed by atoms with Crippen molar-refractivity contribution >= 4 is 40.3 Å². The molecule has 1 aliphatic rings. The van der Waals surface area contributed by atoms with E-state index in [0.29, 0.717) is 22.4 Å². The van der Waals surface area contributed by atoms with Crippen molar-refractivity contribution in [3.05, 3.63) is 70.8 Å². The number of para-hydroxylation sites is 1. The van der Waals surface area contributed by atoms with Crippen molar-refractivity contribution in [3.63, 3.8) is 0 Å². The molecule has 7 heteroatoms. The molecule has 0 aliphatic carbocycles. The van der Waals surface area contributed by atoms with Crippen LogP contribution >= 0.6 is 24.0 Å². The molecule has 5 nitrogen and oxygen atoms in total. The fourth-order valence-electron chi connectivity index (χ4n) is 3.49. The molecular formula is C24H23N3O2S2. The lowest BCUT2D eigenvalue weighted by molar-refractivity contribution is -0.121. The third-order valence-corrected chi connectivity index (χ3v) is 6.38. The number of likely N-dealkylation sites (N-methyl/N-ethyl adjacent to an activating group) is 1. The Morgan fingerprint density at radius 3 is 2.58 bits per heavy atom. The van der Waals surface area contributed by atoms with Gasteiger partial charge in [0, 0.05) is 23.9 Å². The first-order valence-electron chi connectivity index (χ1n) is 10.2. The van der Waals surface area contributed by atoms with E-state index in [9.17, 15) is 4.79 Å². The van der Waals surface area contributed by atoms with Crippen LogP contribution in [0.3, 0.4) is 0 Å². The van der Waals surface area contributed by atoms with Crippen LogP contribution in [0.2, 0.25) is 0 Å². The third kappa shape index (κ3) is 4.29. The minimum atomic E-state index is -0.0562. The van der Waals surface area contributed by atoms with E-state index in [2.05, 4.69) is 0 Å². The van der Waals surface area contributed by atoms with Gasteiger partial charge in [0.05, 0.1) is 17.2 Å². The standard InChI is InChI=1S/C24H23N3O2S2/c1-4-26-23(28)21(31-24(26)30)14-17-15-27(18-9-7-6-8-10-18)25-22(17)20-12-11-19(29-5-2)13-16(20)3/h6-15H,4-5H2,1-3H3. The summed E-state index contributed by atoms with van der Waals surface area (Å²) in [5.74, 6) is 0.774. The predicted octanol–water partition coefficient (Wildman–Crippen LogP) is 5.47. The first kappa shape index (κ1) is 21.3. The van der Waals surface area contributed by atoms with Gasteiger partial charge in [0.25, 0.3) is 5.91 Å². The van der Waals surface area contributed by atoms with Gasteiger partial charge in [0.2, 0.25) is 0 Å². The van der Waals surface area contributed by atoms with Crippen LogP contribution in [-0.4, -0.2) is 38.1 Å². The van der Waals surface area contributed by atoms with E-state index in [1.165, 1.54) is 11.8 Å². The Bertz CT molecular complexity index is 1170. The van der Waals surface area contributed by atoms with Gasteiger partial charge < -0.3 is 4.74 Å². The molecule has 1 fully saturated rings. The average Bonchev–Trinajstić information content (AvgIpc) is 3.29. The highest BCUT2D eigenvalue weighted by Gasteiger charge is 2.31. The van der Waals surface area contributed by atoms with Crippen molar-refractivity contribution in [1.29, 1.82) is 0 Å². The van der Waals surface area contributed by atoms with Crippen LogP contribution in [0.5, 0.6) is 5.75 Å². The maximum atomic E-state index is 12.8. The Balaban J connectivity index is 1.83. The topological polar surface area (TPSA) is 47.4 Å². The Morgan fingerprint density at radius 2 is 1.94 bits per heavy atom. The molecule has 0 saturated carbocycles. The molecule has 0 spiro atoms. The summed E-state index contributed by atoms with van der Waals surface area (Å²) in [6.45, 7) is 7.12. The number of aromatic nitrogens is 2. The van der Waals surface area contributed by atoms with Crippen molar-refractivity contribution in [2.24, 2.45) is 0 Å². The number of hydrogen-bond acceptors (Lipinski definition) is 5. The molecule has 158 valence electrons. The van der Waals surface area contributed by atoms with E-state index in [1.807, 2.05) is 86.3 Å². The largest absolute Gasteiger partial charge is 0.494 e. The number of nitrogens with zero attached hydrogens (tertiary/aromatic N) is 3. The molecule has 0 radical (unpaired) electrons. The van der Waals surface area contributed by atoms with Gasteiger partial charge in [0.15, 0.2) is 0 Å². The van der Waals surface area contributed by atoms with Crippen LogP contribution in [0.1, 0.15) is 25.0 Å². The first-order valence-corrected chi connectivity index (χ1v) is 11.4. The maximum absolute atomic E-state index is 12.8. The summed E-state index contributed by atoms with van der Waals surface area (Å²) < 4.78 is 8.07. The first-order chi connectivity index (χ1) is 15.0. The molecule has 1 aliphatic heterocycles. The Kier molecular flexibility index (Phi) is 6.25. The molecule has 1 aromatic heterocycles. The number of thiocarbonyl (C=S) groups is 1. The lowest BCUT2D eigenvalue weighted by atomic mass is 10.0. The average molecular weight is 450 g/mol. The number of amides is 1. The zero-order valence-corrected chi connectivity index (χ0v) is 19.3. The van der Waals surface area contributed by atoms with Gasteiger partial charge in [-0.15, -0.1) is 0 Å². The molecule has 3 aromatic rings. The van der Waals surface area contributed by atoms with Crippen LogP contribution in [-0.2, 0) is 4.79 Å². The number of aryl methyl sites for hydroxylation is 1. The summed E-state index contributed by atoms with van der Waals surface area (Å²) in [7, 11) is 0. The SMILES string of the molecule is CCOc1ccc(-c2nn(-c3ccccc3)cc2C=C2SC(=S)N(CC)C2=O)c(C)c1. The van der Waals surface area contributed by atoms with Gasteiger partial charge in [-0.2, -0.15) is 5.10 Å². The summed E-state index contributed by atoms with van der Waals surface area (Å²) in [5, 5.41) is 4.88. The summed E-state index contributed by atoms with van der Waals surface area (Å²) >= 11 is 6.71. The van der Waals surface area contributed by atoms with Crippen LogP contribution in [0.25, 0.3) is 23.0 Å². The monoisotopic (exact) mass is 449 g/mol. The number of carbonyl (C=O) groups is 1. The predicted molar refractivity (Wildman–Crippen MR) is 130 cm³/mol. The van der Waals surface area contributed by atoms with Crippen LogP contribution < -0.4 is 4.74 Å². The number of carbonyl (C=O) groups excluding carboxylic acids is 1. The van der Waals surface area contributed by atoms with E-state index in [1.54, 1.807) is 4.90 Å². The molecule has 2 heterocycles. The third-order valence-electron chi connectivity index (χ3n) is 5.00. The fraction of sp³-hybridized carbons (Fsp3) is 0.208. The van der Waals surface area contributed by atoms with E-state index in [0.717, 1.165) is 33.8 Å². The highest BCUT2D eigenvalue weighted by Crippen LogP contribution is 2.36. The maximum Gasteiger partial charge on any atom is 0.266 e. The van der Waals surface area contributed by atoms with E-state index in [4.69, 9.17) is 22.1 Å². The lowest BCUT2D eigenvalue weighted by Crippen LogP contribution is -2.27. The second kappa shape index (κ2) is 9.08. The molecule has 0 atom stereocenters. The minimum Gasteiger partial charge on any atom is -0.494 e. The van der Waals surface area contributed by atoms with E-state index in [-0.39, 0.29) is 5.91 Å². The lowest BCUT2D eigenvalue weighted by Gasteiger charge is -2.09. The summed E-state index contributed by atoms with van der Waals surface area (Å²) in [6, 6.07) is 15.9. The highest BCUT2D eigenvalue weighted by atomic mass is 32.2. The Hall–Kier alpha value is -2.90. The Labute approximate surface area is 191 Å². The summed E-state index contributed by atoms with van der Waals surface area (Å²) in [4.78, 5) is 15.0. The van der Waals surface area contributed by atoms with Gasteiger partial charge in [-0.05, 0) is 62.7 Å². The second-order valence-electron chi connectivity index (χ2n) is 7.05. The van der Waals surface area contributed by atoms with Gasteiger partial charge in [-0.25, -0.2) is 4.68 Å². The van der Waals surface area contributed by atoms with Gasteiger partial charge in [-0.3, -0.25) is 9.69 Å². The number of benzene rings is 2. The van der Waals surface area contributed by atoms with Crippen LogP contribution in [0.4, 0.5) is 0 Å². The number of ether oxygens (including phenoxy) is 1. The van der Waals surface area contributed by atoms with E-state index >= 15 is 0 Å². The number of hydrogen-bond donors (Lipinski definition) is 0. The zero-order chi connectivity index (χ0) is 22.0. The molecule has 1 amide bonds. The van der Waals surface area contributed by atoms with Gasteiger partial charge >= 0.3 is 0 Å². The number of rotatable bonds is 6. The van der Waals surface area contributed by atoms with Gasteiger partial charge in [-0.1, -0.05) is 42.2 Å². The summed E-state index contributed by atoms with van der Waals surface area (Å²) in [5.41, 5.74) is 4.68. The molecule has 1 saturated heterocycles. The zero-order valence-electron chi connectivity index (χ0n) is 17.7. The molecule has 0 N–H and O–H groups in total.